The number of hydrogen-bond acceptors (Lipinski definition) is 0. The van der Waals surface area contributed by atoms with Gasteiger partial charge in [0.1, 0.15) is 0 Å². The van der Waals surface area contributed by atoms with Gasteiger partial charge in [-0.2, -0.15) is 35.1 Å². The van der Waals surface area contributed by atoms with Gasteiger partial charge in [0.15, 0.2) is 6.17 Å². The quantitative estimate of drug-likeness (QED) is 0.665. The molecule has 0 aromatic rings. The average Bonchev–Trinajstić information content (AvgIpc) is 2.02. The second-order valence-electron chi connectivity index (χ2n) is 2.65. The lowest BCUT2D eigenvalue weighted by atomic mass is 10.0. The van der Waals surface area contributed by atoms with Gasteiger partial charge in [0.25, 0.3) is 0 Å². The van der Waals surface area contributed by atoms with E-state index in [4.69, 9.17) is 0 Å². The Kier molecular flexibility index (Phi) is 3.59. The molecule has 15 heavy (non-hydrogen) atoms. The summed E-state index contributed by atoms with van der Waals surface area (Å²) >= 11 is 0. The number of alkyl halides is 7. The molecule has 0 rings (SSSR count). The molecule has 0 heterocycles. The zero-order chi connectivity index (χ0) is 12.7. The molecule has 0 saturated carbocycles. The molecule has 0 aromatic heterocycles. The lowest BCUT2D eigenvalue weighted by molar-refractivity contribution is -0.330. The van der Waals surface area contributed by atoms with Crippen LogP contribution in [-0.2, 0) is 0 Å². The molecule has 0 amide bonds. The molecule has 0 saturated heterocycles. The Morgan fingerprint density at radius 3 is 1.47 bits per heavy atom. The van der Waals surface area contributed by atoms with Crippen molar-refractivity contribution >= 4 is 0 Å². The largest absolute Gasteiger partial charge is 0.385 e. The van der Waals surface area contributed by atoms with Crippen LogP contribution in [0.5, 0.6) is 0 Å². The summed E-state index contributed by atoms with van der Waals surface area (Å²) in [5, 5.41) is 0. The van der Waals surface area contributed by atoms with E-state index in [1.807, 2.05) is 0 Å². The van der Waals surface area contributed by atoms with Crippen molar-refractivity contribution < 1.29 is 39.5 Å². The number of halogens is 9. The third-order valence-electron chi connectivity index (χ3n) is 1.55. The van der Waals surface area contributed by atoms with Crippen molar-refractivity contribution in [2.24, 2.45) is 0 Å². The molecule has 1 unspecified atom stereocenters. The van der Waals surface area contributed by atoms with Gasteiger partial charge in [-0.3, -0.25) is 0 Å². The first kappa shape index (κ1) is 14.4. The van der Waals surface area contributed by atoms with Crippen LogP contribution in [0, 0.1) is 6.43 Å². The van der Waals surface area contributed by atoms with E-state index in [9.17, 15) is 39.5 Å². The van der Waals surface area contributed by atoms with Crippen molar-refractivity contribution in [2.75, 3.05) is 0 Å². The van der Waals surface area contributed by atoms with Crippen molar-refractivity contribution in [3.05, 3.63) is 6.43 Å². The van der Waals surface area contributed by atoms with Crippen LogP contribution in [0.2, 0.25) is 0 Å². The zero-order valence-corrected chi connectivity index (χ0v) is 6.98. The van der Waals surface area contributed by atoms with Crippen LogP contribution in [-0.4, -0.2) is 23.9 Å². The van der Waals surface area contributed by atoms with E-state index in [-0.39, 0.29) is 6.92 Å². The summed E-state index contributed by atoms with van der Waals surface area (Å²) in [6.07, 6.45) is -7.90. The van der Waals surface area contributed by atoms with Gasteiger partial charge in [-0.05, 0) is 6.92 Å². The molecule has 1 radical (unpaired) electrons. The van der Waals surface area contributed by atoms with E-state index in [0.29, 0.717) is 0 Å². The maximum atomic E-state index is 12.2. The van der Waals surface area contributed by atoms with E-state index < -0.39 is 30.4 Å². The minimum Gasteiger partial charge on any atom is -0.241 e. The van der Waals surface area contributed by atoms with Gasteiger partial charge in [0, 0.05) is 0 Å². The summed E-state index contributed by atoms with van der Waals surface area (Å²) in [5.41, 5.74) is 0. The second kappa shape index (κ2) is 3.75. The molecule has 0 aromatic carbocycles. The van der Waals surface area contributed by atoms with Gasteiger partial charge in [-0.15, -0.1) is 0 Å². The Bertz CT molecular complexity index is 197. The Morgan fingerprint density at radius 1 is 0.933 bits per heavy atom. The highest BCUT2D eigenvalue weighted by Crippen LogP contribution is 2.52. The highest BCUT2D eigenvalue weighted by atomic mass is 19.4. The molecular weight excluding hydrogens is 243 g/mol. The Morgan fingerprint density at radius 2 is 1.27 bits per heavy atom. The van der Waals surface area contributed by atoms with Gasteiger partial charge in [0.2, 0.25) is 0 Å². The molecule has 0 nitrogen and oxygen atoms in total. The molecular formula is C6H4F9. The summed E-state index contributed by atoms with van der Waals surface area (Å²) in [6, 6.07) is 0. The first-order valence-corrected chi connectivity index (χ1v) is 3.35. The van der Waals surface area contributed by atoms with Crippen LogP contribution in [0.3, 0.4) is 0 Å². The zero-order valence-electron chi connectivity index (χ0n) is 6.98. The fourth-order valence-electron chi connectivity index (χ4n) is 0.578. The van der Waals surface area contributed by atoms with Crippen LogP contribution in [0.15, 0.2) is 0 Å². The van der Waals surface area contributed by atoms with Crippen molar-refractivity contribution in [2.45, 2.75) is 30.9 Å². The third-order valence-corrected chi connectivity index (χ3v) is 1.55. The smallest absolute Gasteiger partial charge is 0.241 e. The van der Waals surface area contributed by atoms with Crippen molar-refractivity contribution in [1.29, 1.82) is 0 Å². The third kappa shape index (κ3) is 2.00. The van der Waals surface area contributed by atoms with E-state index in [1.165, 1.54) is 0 Å². The van der Waals surface area contributed by atoms with Gasteiger partial charge < -0.3 is 0 Å². The predicted octanol–water partition coefficient (Wildman–Crippen LogP) is 3.68. The highest BCUT2D eigenvalue weighted by molar-refractivity contribution is 5.05. The van der Waals surface area contributed by atoms with E-state index in [2.05, 4.69) is 0 Å². The van der Waals surface area contributed by atoms with Crippen molar-refractivity contribution in [3.8, 4) is 0 Å². The van der Waals surface area contributed by atoms with Gasteiger partial charge in [-0.25, -0.2) is 4.39 Å². The summed E-state index contributed by atoms with van der Waals surface area (Å²) in [7, 11) is 0. The Labute approximate surface area is 78.1 Å². The SMILES string of the molecule is CC(F)C(F)(F)C(F)(F)C(F)(F)[C](F)F. The van der Waals surface area contributed by atoms with Crippen molar-refractivity contribution in [3.63, 3.8) is 0 Å². The van der Waals surface area contributed by atoms with Crippen LogP contribution in [0.1, 0.15) is 6.92 Å². The van der Waals surface area contributed by atoms with Crippen LogP contribution >= 0.6 is 0 Å². The first-order chi connectivity index (χ1) is 6.39. The van der Waals surface area contributed by atoms with Gasteiger partial charge in [-0.1, -0.05) is 0 Å². The van der Waals surface area contributed by atoms with E-state index in [1.54, 1.807) is 0 Å². The summed E-state index contributed by atoms with van der Waals surface area (Å²) in [6.45, 7) is -0.139. The first-order valence-electron chi connectivity index (χ1n) is 3.35. The van der Waals surface area contributed by atoms with Crippen molar-refractivity contribution in [1.82, 2.24) is 0 Å². The fourth-order valence-corrected chi connectivity index (χ4v) is 0.578. The molecule has 0 aliphatic carbocycles. The van der Waals surface area contributed by atoms with E-state index in [0.717, 1.165) is 0 Å². The van der Waals surface area contributed by atoms with Crippen LogP contribution < -0.4 is 0 Å². The maximum absolute atomic E-state index is 12.2. The molecule has 1 atom stereocenters. The monoisotopic (exact) mass is 247 g/mol. The van der Waals surface area contributed by atoms with Gasteiger partial charge >= 0.3 is 24.2 Å². The highest BCUT2D eigenvalue weighted by Gasteiger charge is 2.77. The van der Waals surface area contributed by atoms with Crippen LogP contribution in [0.4, 0.5) is 39.5 Å². The molecule has 0 aliphatic rings. The second-order valence-corrected chi connectivity index (χ2v) is 2.65. The summed E-state index contributed by atoms with van der Waals surface area (Å²) in [4.78, 5) is 0. The molecule has 0 bridgehead atoms. The minimum absolute atomic E-state index is 0.139. The molecule has 0 aliphatic heterocycles. The minimum atomic E-state index is -6.49. The lowest BCUT2D eigenvalue weighted by Gasteiger charge is -2.32. The topological polar surface area (TPSA) is 0 Å². The number of rotatable bonds is 4. The number of hydrogen-bond donors (Lipinski definition) is 0. The molecule has 0 fully saturated rings. The Hall–Kier alpha value is -0.630. The lowest BCUT2D eigenvalue weighted by Crippen LogP contribution is -2.58. The summed E-state index contributed by atoms with van der Waals surface area (Å²) < 4.78 is 108. The fraction of sp³-hybridized carbons (Fsp3) is 0.833. The molecule has 91 valence electrons. The average molecular weight is 247 g/mol. The Balaban J connectivity index is 5.30. The summed E-state index contributed by atoms with van der Waals surface area (Å²) in [5.74, 6) is -18.8. The standard InChI is InChI=1S/C6H4F9/c1-2(7)4(10,11)6(14,15)5(12,13)3(8)9/h2H,1H3. The van der Waals surface area contributed by atoms with Crippen LogP contribution in [0.25, 0.3) is 0 Å². The molecule has 0 N–H and O–H groups in total. The maximum Gasteiger partial charge on any atom is 0.385 e. The molecule has 9 heteroatoms. The molecule has 0 spiro atoms. The van der Waals surface area contributed by atoms with E-state index >= 15 is 0 Å². The van der Waals surface area contributed by atoms with Gasteiger partial charge in [0.05, 0.1) is 0 Å². The normalized spacial score (nSPS) is 17.0. The predicted molar refractivity (Wildman–Crippen MR) is 30.9 cm³/mol.